The van der Waals surface area contributed by atoms with Gasteiger partial charge >= 0.3 is 0 Å². The molecule has 0 unspecified atom stereocenters. The number of nitrogens with one attached hydrogen (secondary N) is 2. The van der Waals surface area contributed by atoms with Gasteiger partial charge in [0.25, 0.3) is 0 Å². The van der Waals surface area contributed by atoms with Crippen molar-refractivity contribution in [1.29, 1.82) is 0 Å². The van der Waals surface area contributed by atoms with Crippen molar-refractivity contribution in [2.75, 3.05) is 0 Å². The Morgan fingerprint density at radius 2 is 2.53 bits per heavy atom. The number of aromatic nitrogens is 5. The first kappa shape index (κ1) is 10.9. The van der Waals surface area contributed by atoms with Crippen LogP contribution in [0.3, 0.4) is 0 Å². The number of aromatic amines is 1. The van der Waals surface area contributed by atoms with E-state index in [4.69, 9.17) is 0 Å². The molecule has 8 nitrogen and oxygen atoms in total. The van der Waals surface area contributed by atoms with Crippen LogP contribution in [0.25, 0.3) is 0 Å². The van der Waals surface area contributed by atoms with E-state index in [9.17, 15) is 4.79 Å². The van der Waals surface area contributed by atoms with Gasteiger partial charge in [-0.05, 0) is 6.07 Å². The summed E-state index contributed by atoms with van der Waals surface area (Å²) in [5.41, 5.74) is 3.15. The highest BCUT2D eigenvalue weighted by Gasteiger charge is 2.05. The lowest BCUT2D eigenvalue weighted by Gasteiger charge is -1.95. The largest absolute Gasteiger partial charge is 0.273 e. The Labute approximate surface area is 96.2 Å². The third kappa shape index (κ3) is 3.45. The molecule has 0 radical (unpaired) electrons. The zero-order valence-corrected chi connectivity index (χ0v) is 8.74. The average molecular weight is 231 g/mol. The molecule has 8 heteroatoms. The van der Waals surface area contributed by atoms with Crippen molar-refractivity contribution in [3.8, 4) is 0 Å². The summed E-state index contributed by atoms with van der Waals surface area (Å²) in [7, 11) is 0. The minimum Gasteiger partial charge on any atom is -0.273 e. The highest BCUT2D eigenvalue weighted by molar-refractivity contribution is 5.82. The predicted octanol–water partition coefficient (Wildman–Crippen LogP) is -0.712. The maximum Gasteiger partial charge on any atom is 0.247 e. The van der Waals surface area contributed by atoms with Crippen LogP contribution in [0.1, 0.15) is 11.4 Å². The van der Waals surface area contributed by atoms with Crippen molar-refractivity contribution in [1.82, 2.24) is 31.0 Å². The van der Waals surface area contributed by atoms with Crippen molar-refractivity contribution >= 4 is 12.1 Å². The van der Waals surface area contributed by atoms with E-state index < -0.39 is 0 Å². The zero-order chi connectivity index (χ0) is 11.9. The molecular formula is C9H9N7O. The van der Waals surface area contributed by atoms with Gasteiger partial charge in [0.2, 0.25) is 5.91 Å². The van der Waals surface area contributed by atoms with E-state index in [2.05, 4.69) is 36.1 Å². The molecule has 0 aromatic carbocycles. The van der Waals surface area contributed by atoms with Gasteiger partial charge in [0, 0.05) is 18.0 Å². The minimum absolute atomic E-state index is 0.0287. The fourth-order valence-electron chi connectivity index (χ4n) is 1.07. The molecule has 0 spiro atoms. The van der Waals surface area contributed by atoms with E-state index in [0.717, 1.165) is 5.56 Å². The van der Waals surface area contributed by atoms with Crippen LogP contribution in [-0.2, 0) is 11.2 Å². The Kier molecular flexibility index (Phi) is 3.48. The summed E-state index contributed by atoms with van der Waals surface area (Å²) >= 11 is 0. The molecule has 2 aromatic heterocycles. The molecule has 1 amide bonds. The Morgan fingerprint density at radius 3 is 3.24 bits per heavy atom. The monoisotopic (exact) mass is 231 g/mol. The highest BCUT2D eigenvalue weighted by Crippen LogP contribution is 1.90. The minimum atomic E-state index is -0.313. The lowest BCUT2D eigenvalue weighted by Crippen LogP contribution is -2.20. The summed E-state index contributed by atoms with van der Waals surface area (Å²) in [5, 5.41) is 16.7. The van der Waals surface area contributed by atoms with Gasteiger partial charge in [-0.2, -0.15) is 10.3 Å². The highest BCUT2D eigenvalue weighted by atomic mass is 16.2. The molecule has 0 aliphatic heterocycles. The number of H-pyrrole nitrogens is 1. The number of carbonyl (C=O) groups excluding carboxylic acids is 1. The molecule has 2 rings (SSSR count). The van der Waals surface area contributed by atoms with Gasteiger partial charge in [0.05, 0.1) is 12.6 Å². The van der Waals surface area contributed by atoms with Gasteiger partial charge in [-0.25, -0.2) is 5.43 Å². The van der Waals surface area contributed by atoms with E-state index in [1.807, 2.05) is 6.07 Å². The molecule has 86 valence electrons. The SMILES string of the molecule is O=C(Cc1nn[nH]n1)N/N=C/c1cccnc1. The van der Waals surface area contributed by atoms with Gasteiger partial charge in [0.1, 0.15) is 0 Å². The van der Waals surface area contributed by atoms with Crippen LogP contribution < -0.4 is 5.43 Å². The molecule has 0 aliphatic rings. The van der Waals surface area contributed by atoms with Crippen molar-refractivity contribution < 1.29 is 4.79 Å². The first-order valence-corrected chi connectivity index (χ1v) is 4.79. The number of rotatable bonds is 4. The molecule has 0 fully saturated rings. The lowest BCUT2D eigenvalue weighted by atomic mass is 10.3. The molecule has 2 aromatic rings. The molecule has 0 saturated carbocycles. The quantitative estimate of drug-likeness (QED) is 0.533. The number of hydrazone groups is 1. The van der Waals surface area contributed by atoms with E-state index >= 15 is 0 Å². The second kappa shape index (κ2) is 5.45. The summed E-state index contributed by atoms with van der Waals surface area (Å²) in [6, 6.07) is 3.60. The molecule has 2 heterocycles. The number of carbonyl (C=O) groups is 1. The number of nitrogens with zero attached hydrogens (tertiary/aromatic N) is 5. The van der Waals surface area contributed by atoms with Crippen LogP contribution in [0.15, 0.2) is 29.6 Å². The van der Waals surface area contributed by atoms with Gasteiger partial charge < -0.3 is 0 Å². The Balaban J connectivity index is 1.82. The number of tetrazole rings is 1. The zero-order valence-electron chi connectivity index (χ0n) is 8.74. The number of pyridine rings is 1. The summed E-state index contributed by atoms with van der Waals surface area (Å²) in [5.74, 6) is 0.00520. The van der Waals surface area contributed by atoms with Gasteiger partial charge in [0.15, 0.2) is 5.82 Å². The van der Waals surface area contributed by atoms with E-state index in [0.29, 0.717) is 5.82 Å². The van der Waals surface area contributed by atoms with E-state index in [1.54, 1.807) is 18.5 Å². The van der Waals surface area contributed by atoms with Gasteiger partial charge in [-0.1, -0.05) is 11.3 Å². The molecule has 0 atom stereocenters. The fourth-order valence-corrected chi connectivity index (χ4v) is 1.07. The summed E-state index contributed by atoms with van der Waals surface area (Å²) < 4.78 is 0. The van der Waals surface area contributed by atoms with Crippen LogP contribution in [0, 0.1) is 0 Å². The Bertz CT molecular complexity index is 493. The van der Waals surface area contributed by atoms with Crippen molar-refractivity contribution in [3.63, 3.8) is 0 Å². The molecule has 0 saturated heterocycles. The van der Waals surface area contributed by atoms with Gasteiger partial charge in [-0.3, -0.25) is 9.78 Å². The van der Waals surface area contributed by atoms with Crippen LogP contribution in [0.2, 0.25) is 0 Å². The molecule has 2 N–H and O–H groups in total. The van der Waals surface area contributed by atoms with Crippen LogP contribution in [0.4, 0.5) is 0 Å². The Hall–Kier alpha value is -2.64. The Morgan fingerprint density at radius 1 is 1.59 bits per heavy atom. The standard InChI is InChI=1S/C9H9N7O/c17-9(4-8-12-15-16-13-8)14-11-6-7-2-1-3-10-5-7/h1-3,5-6H,4H2,(H,14,17)(H,12,13,15,16)/b11-6+. The maximum atomic E-state index is 11.3. The molecule has 0 aliphatic carbocycles. The normalized spacial score (nSPS) is 10.6. The smallest absolute Gasteiger partial charge is 0.247 e. The van der Waals surface area contributed by atoms with Crippen molar-refractivity contribution in [2.24, 2.45) is 5.10 Å². The maximum absolute atomic E-state index is 11.3. The summed E-state index contributed by atoms with van der Waals surface area (Å²) in [6.45, 7) is 0. The third-order valence-electron chi connectivity index (χ3n) is 1.80. The summed E-state index contributed by atoms with van der Waals surface area (Å²) in [4.78, 5) is 15.2. The van der Waals surface area contributed by atoms with Gasteiger partial charge in [-0.15, -0.1) is 10.2 Å². The van der Waals surface area contributed by atoms with E-state index in [-0.39, 0.29) is 12.3 Å². The van der Waals surface area contributed by atoms with Crippen LogP contribution >= 0.6 is 0 Å². The van der Waals surface area contributed by atoms with E-state index in [1.165, 1.54) is 6.21 Å². The molecular weight excluding hydrogens is 222 g/mol. The van der Waals surface area contributed by atoms with Crippen molar-refractivity contribution in [2.45, 2.75) is 6.42 Å². The predicted molar refractivity (Wildman–Crippen MR) is 57.9 cm³/mol. The summed E-state index contributed by atoms with van der Waals surface area (Å²) in [6.07, 6.45) is 4.82. The molecule has 17 heavy (non-hydrogen) atoms. The third-order valence-corrected chi connectivity index (χ3v) is 1.80. The van der Waals surface area contributed by atoms with Crippen LogP contribution in [-0.4, -0.2) is 37.7 Å². The second-order valence-corrected chi connectivity index (χ2v) is 3.08. The first-order valence-electron chi connectivity index (χ1n) is 4.79. The first-order chi connectivity index (χ1) is 8.34. The molecule has 0 bridgehead atoms. The fraction of sp³-hybridized carbons (Fsp3) is 0.111. The number of amides is 1. The van der Waals surface area contributed by atoms with Crippen molar-refractivity contribution in [3.05, 3.63) is 35.9 Å². The average Bonchev–Trinajstić information content (AvgIpc) is 2.83. The number of hydrogen-bond acceptors (Lipinski definition) is 6. The number of hydrogen-bond donors (Lipinski definition) is 2. The lowest BCUT2D eigenvalue weighted by molar-refractivity contribution is -0.120. The second-order valence-electron chi connectivity index (χ2n) is 3.08. The topological polar surface area (TPSA) is 109 Å². The van der Waals surface area contributed by atoms with Crippen LogP contribution in [0.5, 0.6) is 0 Å².